The zero-order valence-corrected chi connectivity index (χ0v) is 12.3. The highest BCUT2D eigenvalue weighted by Gasteiger charge is 2.44. The maximum absolute atomic E-state index is 11.6. The van der Waals surface area contributed by atoms with Crippen LogP contribution >= 0.6 is 0 Å². The Bertz CT molecular complexity index is 353. The minimum atomic E-state index is -1.10. The van der Waals surface area contributed by atoms with E-state index in [2.05, 4.69) is 10.6 Å². The standard InChI is InChI=1S/C11H22N2O4S/c1-10(2,8(14)15)11(3,4)13-9(16)12-6-7-18(5)17/h6-7H2,1-5H3,(H,14,15)(H2,12,13,16). The molecule has 0 radical (unpaired) electrons. The van der Waals surface area contributed by atoms with Crippen LogP contribution in [0.2, 0.25) is 0 Å². The molecule has 0 fully saturated rings. The summed E-state index contributed by atoms with van der Waals surface area (Å²) < 4.78 is 10.8. The van der Waals surface area contributed by atoms with E-state index in [-0.39, 0.29) is 0 Å². The topological polar surface area (TPSA) is 95.5 Å². The van der Waals surface area contributed by atoms with E-state index in [0.29, 0.717) is 12.3 Å². The van der Waals surface area contributed by atoms with Crippen molar-refractivity contribution in [1.29, 1.82) is 0 Å². The fourth-order valence-electron chi connectivity index (χ4n) is 1.06. The number of carbonyl (C=O) groups excluding carboxylic acids is 1. The normalized spacial score (nSPS) is 13.8. The number of hydrogen-bond donors (Lipinski definition) is 3. The number of urea groups is 1. The first-order valence-corrected chi connectivity index (χ1v) is 7.33. The maximum Gasteiger partial charge on any atom is 0.315 e. The third kappa shape index (κ3) is 4.64. The van der Waals surface area contributed by atoms with Crippen LogP contribution in [0.15, 0.2) is 0 Å². The second-order valence-electron chi connectivity index (χ2n) is 5.21. The van der Waals surface area contributed by atoms with Gasteiger partial charge < -0.3 is 15.7 Å². The number of carboxylic acids is 1. The molecule has 1 atom stereocenters. The second-order valence-corrected chi connectivity index (χ2v) is 6.77. The summed E-state index contributed by atoms with van der Waals surface area (Å²) in [6.07, 6.45) is 1.55. The van der Waals surface area contributed by atoms with Crippen molar-refractivity contribution in [2.75, 3.05) is 18.6 Å². The maximum atomic E-state index is 11.6. The van der Waals surface area contributed by atoms with E-state index in [4.69, 9.17) is 5.11 Å². The van der Waals surface area contributed by atoms with Crippen molar-refractivity contribution < 1.29 is 18.9 Å². The zero-order valence-electron chi connectivity index (χ0n) is 11.5. The molecule has 0 aliphatic rings. The molecule has 0 rings (SSSR count). The van der Waals surface area contributed by atoms with E-state index in [9.17, 15) is 13.8 Å². The van der Waals surface area contributed by atoms with E-state index in [1.54, 1.807) is 34.0 Å². The molecule has 0 saturated heterocycles. The van der Waals surface area contributed by atoms with Crippen molar-refractivity contribution in [3.05, 3.63) is 0 Å². The predicted octanol–water partition coefficient (Wildman–Crippen LogP) is 0.553. The average molecular weight is 278 g/mol. The summed E-state index contributed by atoms with van der Waals surface area (Å²) in [5.74, 6) is -0.613. The van der Waals surface area contributed by atoms with Gasteiger partial charge in [-0.2, -0.15) is 0 Å². The Kier molecular flexibility index (Phi) is 5.79. The third-order valence-electron chi connectivity index (χ3n) is 3.20. The number of nitrogens with one attached hydrogen (secondary N) is 2. The molecule has 0 aromatic carbocycles. The number of carboxylic acid groups (broad SMARTS) is 1. The molecule has 0 spiro atoms. The van der Waals surface area contributed by atoms with Gasteiger partial charge in [-0.15, -0.1) is 0 Å². The lowest BCUT2D eigenvalue weighted by molar-refractivity contribution is -0.150. The Morgan fingerprint density at radius 3 is 2.11 bits per heavy atom. The number of aliphatic carboxylic acids is 1. The molecule has 0 saturated carbocycles. The molecule has 18 heavy (non-hydrogen) atoms. The summed E-state index contributed by atoms with van der Waals surface area (Å²) in [5, 5.41) is 14.3. The van der Waals surface area contributed by atoms with Gasteiger partial charge in [-0.1, -0.05) is 0 Å². The van der Waals surface area contributed by atoms with Crippen LogP contribution in [0.3, 0.4) is 0 Å². The van der Waals surface area contributed by atoms with E-state index < -0.39 is 33.8 Å². The quantitative estimate of drug-likeness (QED) is 0.661. The summed E-state index contributed by atoms with van der Waals surface area (Å²) in [4.78, 5) is 22.7. The minimum absolute atomic E-state index is 0.290. The van der Waals surface area contributed by atoms with Crippen molar-refractivity contribution >= 4 is 22.8 Å². The summed E-state index contributed by atoms with van der Waals surface area (Å²) in [6, 6.07) is -0.459. The molecule has 3 N–H and O–H groups in total. The summed E-state index contributed by atoms with van der Waals surface area (Å²) >= 11 is 0. The lowest BCUT2D eigenvalue weighted by Crippen LogP contribution is -2.59. The molecule has 0 aromatic rings. The first-order chi connectivity index (χ1) is 8.00. The van der Waals surface area contributed by atoms with Crippen LogP contribution in [-0.4, -0.2) is 45.4 Å². The molecule has 6 nitrogen and oxygen atoms in total. The van der Waals surface area contributed by atoms with Crippen LogP contribution in [0.25, 0.3) is 0 Å². The molecule has 1 unspecified atom stereocenters. The van der Waals surface area contributed by atoms with Crippen molar-refractivity contribution in [2.24, 2.45) is 5.41 Å². The molecule has 0 aliphatic carbocycles. The monoisotopic (exact) mass is 278 g/mol. The van der Waals surface area contributed by atoms with Crippen molar-refractivity contribution in [2.45, 2.75) is 33.2 Å². The van der Waals surface area contributed by atoms with Crippen LogP contribution in [0.4, 0.5) is 4.79 Å². The molecular weight excluding hydrogens is 256 g/mol. The fourth-order valence-corrected chi connectivity index (χ4v) is 1.45. The zero-order chi connectivity index (χ0) is 14.6. The molecule has 2 amide bonds. The smallest absolute Gasteiger partial charge is 0.315 e. The van der Waals surface area contributed by atoms with Crippen LogP contribution in [-0.2, 0) is 15.6 Å². The molecule has 0 aliphatic heterocycles. The average Bonchev–Trinajstić information content (AvgIpc) is 2.15. The molecule has 106 valence electrons. The largest absolute Gasteiger partial charge is 0.481 e. The van der Waals surface area contributed by atoms with Crippen LogP contribution < -0.4 is 10.6 Å². The minimum Gasteiger partial charge on any atom is -0.481 e. The van der Waals surface area contributed by atoms with Gasteiger partial charge in [0.2, 0.25) is 0 Å². The number of rotatable bonds is 6. The first-order valence-electron chi connectivity index (χ1n) is 5.60. The predicted molar refractivity (Wildman–Crippen MR) is 71.0 cm³/mol. The van der Waals surface area contributed by atoms with Gasteiger partial charge in [0.1, 0.15) is 0 Å². The van der Waals surface area contributed by atoms with E-state index in [1.807, 2.05) is 0 Å². The van der Waals surface area contributed by atoms with Crippen molar-refractivity contribution in [3.8, 4) is 0 Å². The number of hydrogen-bond acceptors (Lipinski definition) is 3. The molecule has 0 bridgehead atoms. The number of carbonyl (C=O) groups is 2. The SMILES string of the molecule is CS(=O)CCNC(=O)NC(C)(C)C(C)(C)C(=O)O. The third-order valence-corrected chi connectivity index (χ3v) is 3.98. The van der Waals surface area contributed by atoms with Gasteiger partial charge in [-0.25, -0.2) is 4.79 Å². The summed E-state index contributed by atoms with van der Waals surface area (Å²) in [6.45, 7) is 6.70. The Balaban J connectivity index is 4.45. The van der Waals surface area contributed by atoms with Gasteiger partial charge in [0.25, 0.3) is 0 Å². The van der Waals surface area contributed by atoms with Crippen LogP contribution in [0.5, 0.6) is 0 Å². The highest BCUT2D eigenvalue weighted by atomic mass is 32.2. The van der Waals surface area contributed by atoms with Gasteiger partial charge in [0, 0.05) is 29.4 Å². The van der Waals surface area contributed by atoms with E-state index >= 15 is 0 Å². The van der Waals surface area contributed by atoms with Gasteiger partial charge >= 0.3 is 12.0 Å². The van der Waals surface area contributed by atoms with Crippen LogP contribution in [0.1, 0.15) is 27.7 Å². The van der Waals surface area contributed by atoms with Gasteiger partial charge in [0.05, 0.1) is 11.0 Å². The van der Waals surface area contributed by atoms with Gasteiger partial charge in [-0.05, 0) is 27.7 Å². The first kappa shape index (κ1) is 16.9. The number of amides is 2. The Morgan fingerprint density at radius 1 is 1.22 bits per heavy atom. The Hall–Kier alpha value is -1.11. The Morgan fingerprint density at radius 2 is 1.72 bits per heavy atom. The Labute approximate surface area is 110 Å². The summed E-state index contributed by atoms with van der Waals surface area (Å²) in [5.41, 5.74) is -2.01. The molecule has 0 aromatic heterocycles. The highest BCUT2D eigenvalue weighted by molar-refractivity contribution is 7.84. The van der Waals surface area contributed by atoms with E-state index in [0.717, 1.165) is 0 Å². The molecule has 7 heteroatoms. The van der Waals surface area contributed by atoms with Gasteiger partial charge in [0.15, 0.2) is 0 Å². The molecule has 0 heterocycles. The highest BCUT2D eigenvalue weighted by Crippen LogP contribution is 2.30. The van der Waals surface area contributed by atoms with E-state index in [1.165, 1.54) is 0 Å². The lowest BCUT2D eigenvalue weighted by atomic mass is 9.74. The van der Waals surface area contributed by atoms with Crippen molar-refractivity contribution in [3.63, 3.8) is 0 Å². The van der Waals surface area contributed by atoms with Gasteiger partial charge in [-0.3, -0.25) is 9.00 Å². The lowest BCUT2D eigenvalue weighted by Gasteiger charge is -2.38. The fraction of sp³-hybridized carbons (Fsp3) is 0.818. The molecular formula is C11H22N2O4S. The summed E-state index contributed by atoms with van der Waals surface area (Å²) in [7, 11) is -0.966. The van der Waals surface area contributed by atoms with Crippen LogP contribution in [0, 0.1) is 5.41 Å². The second kappa shape index (κ2) is 6.17. The van der Waals surface area contributed by atoms with Crippen molar-refractivity contribution in [1.82, 2.24) is 10.6 Å².